The maximum Gasteiger partial charge on any atom is 0.270 e. The summed E-state index contributed by atoms with van der Waals surface area (Å²) in [6.07, 6.45) is 0.696. The predicted octanol–water partition coefficient (Wildman–Crippen LogP) is 2.59. The van der Waals surface area contributed by atoms with Crippen LogP contribution >= 0.6 is 0 Å². The molecule has 2 heterocycles. The van der Waals surface area contributed by atoms with Crippen LogP contribution in [0.25, 0.3) is 11.0 Å². The lowest BCUT2D eigenvalue weighted by Gasteiger charge is -2.44. The van der Waals surface area contributed by atoms with Gasteiger partial charge in [0.05, 0.1) is 28.6 Å². The number of fused-ring (bicyclic) bond motifs is 2. The van der Waals surface area contributed by atoms with Crippen LogP contribution in [0.1, 0.15) is 18.5 Å². The number of aliphatic hydroxyl groups excluding tert-OH is 1. The summed E-state index contributed by atoms with van der Waals surface area (Å²) in [5.41, 5.74) is 0.393. The molecule has 0 saturated heterocycles. The Balaban J connectivity index is 2.02. The van der Waals surface area contributed by atoms with Crippen molar-refractivity contribution in [1.29, 1.82) is 5.26 Å². The molecule has 1 aromatic heterocycles. The number of nitro benzene ring substituents is 1. The Morgan fingerprint density at radius 3 is 2.90 bits per heavy atom. The van der Waals surface area contributed by atoms with Gasteiger partial charge in [-0.05, 0) is 25.1 Å². The lowest BCUT2D eigenvalue weighted by molar-refractivity contribution is -0.385. The number of anilines is 1. The summed E-state index contributed by atoms with van der Waals surface area (Å²) < 4.78 is 13.0. The fourth-order valence-electron chi connectivity index (χ4n) is 3.94. The Labute approximate surface area is 171 Å². The molecule has 2 aromatic carbocycles. The average molecular weight is 409 g/mol. The van der Waals surface area contributed by atoms with E-state index in [9.17, 15) is 20.5 Å². The third kappa shape index (κ3) is 3.01. The van der Waals surface area contributed by atoms with Gasteiger partial charge in [-0.1, -0.05) is 12.1 Å². The minimum atomic E-state index is -1.16. The van der Waals surface area contributed by atoms with Crippen LogP contribution in [0.3, 0.4) is 0 Å². The van der Waals surface area contributed by atoms with Crippen molar-refractivity contribution in [2.24, 2.45) is 0 Å². The molecule has 30 heavy (non-hydrogen) atoms. The zero-order valence-corrected chi connectivity index (χ0v) is 16.3. The van der Waals surface area contributed by atoms with E-state index < -0.39 is 22.7 Å². The summed E-state index contributed by atoms with van der Waals surface area (Å²) in [6.45, 7) is 1.78. The molecule has 4 rings (SSSR count). The van der Waals surface area contributed by atoms with Gasteiger partial charge in [0, 0.05) is 24.8 Å². The number of para-hydroxylation sites is 2. The lowest BCUT2D eigenvalue weighted by atomic mass is 9.85. The Bertz CT molecular complexity index is 1170. The molecule has 154 valence electrons. The highest BCUT2D eigenvalue weighted by Crippen LogP contribution is 2.45. The van der Waals surface area contributed by atoms with Crippen molar-refractivity contribution in [3.8, 4) is 11.9 Å². The van der Waals surface area contributed by atoms with Gasteiger partial charge in [0.15, 0.2) is 11.8 Å². The van der Waals surface area contributed by atoms with Gasteiger partial charge >= 0.3 is 0 Å². The lowest BCUT2D eigenvalue weighted by Crippen LogP contribution is -2.55. The average Bonchev–Trinajstić information content (AvgIpc) is 3.07. The molecule has 0 unspecified atom stereocenters. The van der Waals surface area contributed by atoms with Crippen molar-refractivity contribution in [2.75, 3.05) is 19.0 Å². The number of nitrogens with zero attached hydrogens (tertiary/aromatic N) is 4. The first-order chi connectivity index (χ1) is 14.4. The van der Waals surface area contributed by atoms with Gasteiger partial charge in [0.2, 0.25) is 5.95 Å². The topological polar surface area (TPSA) is 135 Å². The summed E-state index contributed by atoms with van der Waals surface area (Å²) in [5, 5.41) is 34.5. The normalized spacial score (nSPS) is 22.7. The van der Waals surface area contributed by atoms with E-state index in [-0.39, 0.29) is 18.2 Å². The molecule has 0 fully saturated rings. The molecule has 0 bridgehead atoms. The molecule has 0 spiro atoms. The minimum absolute atomic E-state index is 0.0781. The SMILES string of the molecule is COC[C@]1(C)Oc2ccc([N+](=O)[O-])cc2[C@H](n2c(NC#N)nc3ccccc32)[C@H]1O. The van der Waals surface area contributed by atoms with E-state index in [2.05, 4.69) is 10.3 Å². The number of benzene rings is 2. The Kier molecular flexibility index (Phi) is 4.77. The predicted molar refractivity (Wildman–Crippen MR) is 107 cm³/mol. The number of nitro groups is 1. The highest BCUT2D eigenvalue weighted by molar-refractivity contribution is 5.79. The van der Waals surface area contributed by atoms with E-state index in [4.69, 9.17) is 9.47 Å². The van der Waals surface area contributed by atoms with Crippen molar-refractivity contribution in [1.82, 2.24) is 9.55 Å². The van der Waals surface area contributed by atoms with Gasteiger partial charge in [-0.25, -0.2) is 4.98 Å². The number of aromatic nitrogens is 2. The van der Waals surface area contributed by atoms with Gasteiger partial charge in [-0.2, -0.15) is 5.26 Å². The standard InChI is InChI=1S/C20H19N5O5/c1-20(10-29-2)18(26)17(13-9-12(25(27)28)7-8-16(13)30-20)24-15-6-4-3-5-14(15)23-19(24)22-11-21/h3-9,17-18,26H,10H2,1-2H3,(H,22,23)/t17-,18+,20-/m0/s1. The highest BCUT2D eigenvalue weighted by Gasteiger charge is 2.48. The van der Waals surface area contributed by atoms with E-state index in [0.717, 1.165) is 0 Å². The van der Waals surface area contributed by atoms with Gasteiger partial charge < -0.3 is 14.6 Å². The number of rotatable bonds is 5. The molecule has 1 aliphatic rings. The van der Waals surface area contributed by atoms with Gasteiger partial charge in [0.25, 0.3) is 5.69 Å². The van der Waals surface area contributed by atoms with Gasteiger partial charge in [0.1, 0.15) is 11.9 Å². The fourth-order valence-corrected chi connectivity index (χ4v) is 3.94. The first-order valence-corrected chi connectivity index (χ1v) is 9.16. The first kappa shape index (κ1) is 19.6. The number of ether oxygens (including phenoxy) is 2. The summed E-state index contributed by atoms with van der Waals surface area (Å²) in [4.78, 5) is 15.3. The van der Waals surface area contributed by atoms with E-state index >= 15 is 0 Å². The monoisotopic (exact) mass is 409 g/mol. The third-order valence-electron chi connectivity index (χ3n) is 5.26. The van der Waals surface area contributed by atoms with Crippen LogP contribution in [0.15, 0.2) is 42.5 Å². The molecule has 0 radical (unpaired) electrons. The van der Waals surface area contributed by atoms with Crippen molar-refractivity contribution in [3.63, 3.8) is 0 Å². The van der Waals surface area contributed by atoms with Crippen LogP contribution in [-0.4, -0.2) is 45.0 Å². The number of imidazole rings is 1. The molecule has 10 heteroatoms. The van der Waals surface area contributed by atoms with Crippen LogP contribution in [0.5, 0.6) is 5.75 Å². The summed E-state index contributed by atoms with van der Waals surface area (Å²) >= 11 is 0. The van der Waals surface area contributed by atoms with Gasteiger partial charge in [-0.3, -0.25) is 20.0 Å². The molecule has 2 N–H and O–H groups in total. The van der Waals surface area contributed by atoms with Crippen LogP contribution in [0.4, 0.5) is 11.6 Å². The smallest absolute Gasteiger partial charge is 0.270 e. The molecular weight excluding hydrogens is 390 g/mol. The Hall–Kier alpha value is -3.68. The van der Waals surface area contributed by atoms with Crippen LogP contribution in [0, 0.1) is 21.6 Å². The number of methoxy groups -OCH3 is 1. The van der Waals surface area contributed by atoms with E-state index in [1.807, 2.05) is 18.3 Å². The molecule has 3 atom stereocenters. The van der Waals surface area contributed by atoms with Gasteiger partial charge in [-0.15, -0.1) is 0 Å². The molecule has 0 saturated carbocycles. The summed E-state index contributed by atoms with van der Waals surface area (Å²) in [7, 11) is 1.50. The highest BCUT2D eigenvalue weighted by atomic mass is 16.6. The Morgan fingerprint density at radius 2 is 2.20 bits per heavy atom. The number of non-ortho nitro benzene ring substituents is 1. The van der Waals surface area contributed by atoms with E-state index in [0.29, 0.717) is 22.3 Å². The molecule has 0 amide bonds. The minimum Gasteiger partial charge on any atom is -0.482 e. The third-order valence-corrected chi connectivity index (χ3v) is 5.26. The first-order valence-electron chi connectivity index (χ1n) is 9.16. The maximum atomic E-state index is 11.4. The zero-order chi connectivity index (χ0) is 21.5. The number of aliphatic hydroxyl groups is 1. The summed E-state index contributed by atoms with van der Waals surface area (Å²) in [6, 6.07) is 10.6. The second-order valence-electron chi connectivity index (χ2n) is 7.25. The Morgan fingerprint density at radius 1 is 1.43 bits per heavy atom. The maximum absolute atomic E-state index is 11.4. The van der Waals surface area contributed by atoms with E-state index in [1.54, 1.807) is 23.6 Å². The molecule has 1 aliphatic heterocycles. The van der Waals surface area contributed by atoms with Crippen molar-refractivity contribution < 1.29 is 19.5 Å². The number of nitrogens with one attached hydrogen (secondary N) is 1. The quantitative estimate of drug-likeness (QED) is 0.284. The largest absolute Gasteiger partial charge is 0.482 e. The van der Waals surface area contributed by atoms with Crippen molar-refractivity contribution >= 4 is 22.7 Å². The number of hydrogen-bond donors (Lipinski definition) is 2. The second-order valence-corrected chi connectivity index (χ2v) is 7.25. The van der Waals surface area contributed by atoms with Crippen LogP contribution in [-0.2, 0) is 4.74 Å². The molecule has 10 nitrogen and oxygen atoms in total. The van der Waals surface area contributed by atoms with Crippen molar-refractivity contribution in [3.05, 3.63) is 58.1 Å². The molecular formula is C20H19N5O5. The fraction of sp³-hybridized carbons (Fsp3) is 0.300. The van der Waals surface area contributed by atoms with E-state index in [1.165, 1.54) is 25.3 Å². The van der Waals surface area contributed by atoms with Crippen molar-refractivity contribution in [2.45, 2.75) is 24.7 Å². The van der Waals surface area contributed by atoms with Crippen LogP contribution in [0.2, 0.25) is 0 Å². The van der Waals surface area contributed by atoms with Crippen LogP contribution < -0.4 is 10.1 Å². The molecule has 0 aliphatic carbocycles. The second kappa shape index (κ2) is 7.29. The molecule has 3 aromatic rings. The zero-order valence-electron chi connectivity index (χ0n) is 16.3. The number of nitriles is 1. The number of hydrogen-bond acceptors (Lipinski definition) is 8. The summed E-state index contributed by atoms with van der Waals surface area (Å²) in [5.74, 6) is 0.595.